The Morgan fingerprint density at radius 2 is 1.69 bits per heavy atom. The van der Waals surface area contributed by atoms with Gasteiger partial charge in [0.25, 0.3) is 0 Å². The maximum atomic E-state index is 13.4. The van der Waals surface area contributed by atoms with E-state index < -0.39 is 7.44 Å². The summed E-state index contributed by atoms with van der Waals surface area (Å²) in [6.45, 7) is 6.54. The van der Waals surface area contributed by atoms with Crippen LogP contribution < -0.4 is 0 Å². The molecule has 0 bridgehead atoms. The van der Waals surface area contributed by atoms with Crippen LogP contribution in [-0.4, -0.2) is 40.2 Å². The van der Waals surface area contributed by atoms with Crippen LogP contribution in [0.4, 0.5) is 0 Å². The Morgan fingerprint density at radius 1 is 1.19 bits per heavy atom. The molecule has 3 atom stereocenters. The zero-order valence-electron chi connectivity index (χ0n) is 10.4. The van der Waals surface area contributed by atoms with Crippen LogP contribution in [0.2, 0.25) is 0 Å². The first-order valence-corrected chi connectivity index (χ1v) is 8.51. The lowest BCUT2D eigenvalue weighted by molar-refractivity contribution is 0.341. The molecule has 3 rings (SSSR count). The fraction of sp³-hybridized carbons (Fsp3) is 1.00. The van der Waals surface area contributed by atoms with E-state index in [9.17, 15) is 4.57 Å². The number of hydrogen-bond acceptors (Lipinski definition) is 1. The van der Waals surface area contributed by atoms with Gasteiger partial charge in [0.2, 0.25) is 7.44 Å². The third kappa shape index (κ3) is 1.26. The van der Waals surface area contributed by atoms with E-state index in [1.54, 1.807) is 0 Å². The van der Waals surface area contributed by atoms with E-state index in [1.807, 2.05) is 0 Å². The van der Waals surface area contributed by atoms with Gasteiger partial charge in [-0.15, -0.1) is 0 Å². The van der Waals surface area contributed by atoms with Crippen molar-refractivity contribution in [3.8, 4) is 0 Å². The van der Waals surface area contributed by atoms with Crippen LogP contribution in [0, 0.1) is 0 Å². The molecule has 16 heavy (non-hydrogen) atoms. The summed E-state index contributed by atoms with van der Waals surface area (Å²) in [4.78, 5) is 0. The quantitative estimate of drug-likeness (QED) is 0.696. The Hall–Kier alpha value is 0.150. The molecule has 3 heterocycles. The molecule has 0 amide bonds. The van der Waals surface area contributed by atoms with Crippen LogP contribution >= 0.6 is 7.44 Å². The lowest BCUT2D eigenvalue weighted by Gasteiger charge is -2.33. The van der Waals surface area contributed by atoms with Crippen LogP contribution in [-0.2, 0) is 4.57 Å². The Labute approximate surface area is 98.7 Å². The van der Waals surface area contributed by atoms with Gasteiger partial charge in [0.05, 0.1) is 0 Å². The summed E-state index contributed by atoms with van der Waals surface area (Å²) in [6, 6.07) is 1.25. The van der Waals surface area contributed by atoms with Crippen molar-refractivity contribution in [2.45, 2.75) is 63.7 Å². The highest BCUT2D eigenvalue weighted by molar-refractivity contribution is 7.60. The largest absolute Gasteiger partial charge is 0.288 e. The molecule has 0 aromatic carbocycles. The molecule has 0 aliphatic carbocycles. The molecule has 92 valence electrons. The van der Waals surface area contributed by atoms with E-state index in [0.717, 1.165) is 19.5 Å². The van der Waals surface area contributed by atoms with Crippen molar-refractivity contribution < 1.29 is 4.57 Å². The predicted molar refractivity (Wildman–Crippen MR) is 66.8 cm³/mol. The highest BCUT2D eigenvalue weighted by Gasteiger charge is 2.58. The summed E-state index contributed by atoms with van der Waals surface area (Å²) in [5, 5.41) is 0. The van der Waals surface area contributed by atoms with Gasteiger partial charge in [-0.25, -0.2) is 9.34 Å². The minimum Gasteiger partial charge on any atom is -0.288 e. The topological polar surface area (TPSA) is 23.6 Å². The van der Waals surface area contributed by atoms with E-state index in [1.165, 1.54) is 25.7 Å². The highest BCUT2D eigenvalue weighted by Crippen LogP contribution is 2.68. The molecule has 3 aliphatic heterocycles. The van der Waals surface area contributed by atoms with E-state index in [4.69, 9.17) is 0 Å². The van der Waals surface area contributed by atoms with Crippen molar-refractivity contribution >= 4 is 7.44 Å². The summed E-state index contributed by atoms with van der Waals surface area (Å²) < 4.78 is 18.2. The van der Waals surface area contributed by atoms with Gasteiger partial charge < -0.3 is 0 Å². The molecule has 0 unspecified atom stereocenters. The van der Waals surface area contributed by atoms with Crippen LogP contribution in [0.25, 0.3) is 0 Å². The van der Waals surface area contributed by atoms with Crippen molar-refractivity contribution in [1.29, 1.82) is 0 Å². The molecule has 0 aromatic heterocycles. The molecule has 3 nitrogen and oxygen atoms in total. The standard InChI is InChI=1S/C12H23N2OP/c1-3-10(2)16(15)13-8-4-6-11(13)12-7-5-9-14(12)16/h10-12H,3-9H2,1-2H3/t10-,11-,12-/m0/s1. The van der Waals surface area contributed by atoms with Gasteiger partial charge in [0.1, 0.15) is 0 Å². The Kier molecular flexibility index (Phi) is 2.69. The summed E-state index contributed by atoms with van der Waals surface area (Å²) in [5.41, 5.74) is 0.358. The van der Waals surface area contributed by atoms with E-state index in [-0.39, 0.29) is 0 Å². The minimum atomic E-state index is -2.20. The zero-order valence-corrected chi connectivity index (χ0v) is 11.3. The number of fused-ring (bicyclic) bond motifs is 3. The molecule has 0 radical (unpaired) electrons. The molecule has 0 aromatic rings. The third-order valence-electron chi connectivity index (χ3n) is 4.89. The molecule has 4 heteroatoms. The van der Waals surface area contributed by atoms with Crippen molar-refractivity contribution in [2.75, 3.05) is 13.1 Å². The lowest BCUT2D eigenvalue weighted by atomic mass is 10.1. The van der Waals surface area contributed by atoms with Crippen LogP contribution in [0.3, 0.4) is 0 Å². The van der Waals surface area contributed by atoms with E-state index >= 15 is 0 Å². The van der Waals surface area contributed by atoms with Crippen molar-refractivity contribution in [2.24, 2.45) is 0 Å². The SMILES string of the molecule is CC[C@H](C)P1(=O)N2CCC[C@H]2[C@@H]2CCCN21. The van der Waals surface area contributed by atoms with Gasteiger partial charge in [-0.2, -0.15) is 0 Å². The number of rotatable bonds is 2. The minimum absolute atomic E-state index is 0.358. The molecule has 3 aliphatic rings. The predicted octanol–water partition coefficient (Wildman–Crippen LogP) is 2.92. The fourth-order valence-electron chi connectivity index (χ4n) is 3.94. The number of hydrogen-bond donors (Lipinski definition) is 0. The molecule has 0 N–H and O–H groups in total. The van der Waals surface area contributed by atoms with Gasteiger partial charge in [-0.05, 0) is 32.1 Å². The Morgan fingerprint density at radius 3 is 2.12 bits per heavy atom. The van der Waals surface area contributed by atoms with Crippen molar-refractivity contribution in [3.63, 3.8) is 0 Å². The maximum absolute atomic E-state index is 13.4. The van der Waals surface area contributed by atoms with Gasteiger partial charge in [0.15, 0.2) is 0 Å². The highest BCUT2D eigenvalue weighted by atomic mass is 31.2. The Bertz CT molecular complexity index is 309. The molecule has 0 saturated carbocycles. The van der Waals surface area contributed by atoms with Gasteiger partial charge in [0, 0.05) is 30.8 Å². The molecular formula is C12H23N2OP. The second kappa shape index (κ2) is 3.83. The summed E-state index contributed by atoms with van der Waals surface area (Å²) in [7, 11) is -2.20. The maximum Gasteiger partial charge on any atom is 0.219 e. The average Bonchev–Trinajstić information content (AvgIpc) is 2.95. The summed E-state index contributed by atoms with van der Waals surface area (Å²) in [5.74, 6) is 0. The van der Waals surface area contributed by atoms with Crippen LogP contribution in [0.1, 0.15) is 46.0 Å². The molecule has 3 saturated heterocycles. The zero-order chi connectivity index (χ0) is 11.3. The van der Waals surface area contributed by atoms with Crippen LogP contribution in [0.15, 0.2) is 0 Å². The molecule has 3 fully saturated rings. The second-order valence-electron chi connectivity index (χ2n) is 5.59. The molecule has 0 spiro atoms. The van der Waals surface area contributed by atoms with Crippen molar-refractivity contribution in [3.05, 3.63) is 0 Å². The average molecular weight is 242 g/mol. The first kappa shape index (κ1) is 11.3. The molecular weight excluding hydrogens is 219 g/mol. The van der Waals surface area contributed by atoms with Gasteiger partial charge in [-0.1, -0.05) is 13.8 Å². The first-order chi connectivity index (χ1) is 7.69. The van der Waals surface area contributed by atoms with Crippen LogP contribution in [0.5, 0.6) is 0 Å². The second-order valence-corrected chi connectivity index (χ2v) is 8.68. The number of nitrogens with zero attached hydrogens (tertiary/aromatic N) is 2. The lowest BCUT2D eigenvalue weighted by Crippen LogP contribution is -2.29. The third-order valence-corrected chi connectivity index (χ3v) is 8.86. The summed E-state index contributed by atoms with van der Waals surface area (Å²) in [6.07, 6.45) is 6.12. The normalized spacial score (nSPS) is 39.9. The van der Waals surface area contributed by atoms with Gasteiger partial charge >= 0.3 is 0 Å². The fourth-order valence-corrected chi connectivity index (χ4v) is 7.97. The first-order valence-electron chi connectivity index (χ1n) is 6.83. The van der Waals surface area contributed by atoms with E-state index in [0.29, 0.717) is 17.7 Å². The van der Waals surface area contributed by atoms with Gasteiger partial charge in [-0.3, -0.25) is 4.57 Å². The Balaban J connectivity index is 1.99. The smallest absolute Gasteiger partial charge is 0.219 e. The van der Waals surface area contributed by atoms with E-state index in [2.05, 4.69) is 23.2 Å². The monoisotopic (exact) mass is 242 g/mol. The van der Waals surface area contributed by atoms with Crippen molar-refractivity contribution in [1.82, 2.24) is 9.34 Å². The summed E-state index contributed by atoms with van der Waals surface area (Å²) >= 11 is 0.